The summed E-state index contributed by atoms with van der Waals surface area (Å²) >= 11 is 0. The Bertz CT molecular complexity index is 1830. The molecule has 0 saturated carbocycles. The van der Waals surface area contributed by atoms with Crippen LogP contribution in [0.5, 0.6) is 11.5 Å². The summed E-state index contributed by atoms with van der Waals surface area (Å²) in [6.45, 7) is 2.50. The zero-order valence-corrected chi connectivity index (χ0v) is 24.7. The smallest absolute Gasteiger partial charge is 0.249 e. The Labute approximate surface area is 260 Å². The molecule has 2 fully saturated rings. The number of aromatic nitrogens is 4. The molecule has 1 unspecified atom stereocenters. The fourth-order valence-electron chi connectivity index (χ4n) is 6.14. The minimum absolute atomic E-state index is 0.157. The van der Waals surface area contributed by atoms with Crippen LogP contribution in [0.25, 0.3) is 22.3 Å². The second-order valence-corrected chi connectivity index (χ2v) is 11.5. The number of amides is 2. The molecule has 228 valence electrons. The highest BCUT2D eigenvalue weighted by molar-refractivity contribution is 6.01. The summed E-state index contributed by atoms with van der Waals surface area (Å²) in [6.07, 6.45) is 4.12. The first kappa shape index (κ1) is 28.5. The van der Waals surface area contributed by atoms with Crippen molar-refractivity contribution in [3.63, 3.8) is 0 Å². The van der Waals surface area contributed by atoms with E-state index in [-0.39, 0.29) is 17.9 Å². The number of rotatable bonds is 8. The number of imide groups is 1. The zero-order chi connectivity index (χ0) is 30.8. The number of hydrogen-bond donors (Lipinski definition) is 3. The van der Waals surface area contributed by atoms with Gasteiger partial charge in [0, 0.05) is 37.3 Å². The Balaban J connectivity index is 1.06. The highest BCUT2D eigenvalue weighted by Crippen LogP contribution is 2.35. The van der Waals surface area contributed by atoms with E-state index in [0.29, 0.717) is 18.7 Å². The predicted octanol–water partition coefficient (Wildman–Crippen LogP) is 4.92. The van der Waals surface area contributed by atoms with Crippen LogP contribution in [0.3, 0.4) is 0 Å². The van der Waals surface area contributed by atoms with Crippen molar-refractivity contribution in [1.29, 1.82) is 0 Å². The van der Waals surface area contributed by atoms with E-state index in [1.54, 1.807) is 0 Å². The number of hydrogen-bond acceptors (Lipinski definition) is 9. The number of anilines is 2. The number of nitrogens with one attached hydrogen (secondary N) is 2. The lowest BCUT2D eigenvalue weighted by atomic mass is 10.0. The Morgan fingerprint density at radius 3 is 2.40 bits per heavy atom. The van der Waals surface area contributed by atoms with Crippen molar-refractivity contribution in [3.05, 3.63) is 90.8 Å². The zero-order valence-electron chi connectivity index (χ0n) is 24.7. The molecule has 0 spiro atoms. The number of para-hydroxylation sites is 2. The standard InChI is InChI=1S/C34H34N8O3/c35-32-30-31(22-10-12-26(13-11-22)45-25-7-2-1-3-8-25)40-42(33(30)37-21-36-32)24-16-18-41(19-17-24)20-23-6-4-5-9-27(23)38-28-14-15-29(43)39-34(28)44/h1-13,21,24,28,38H,14-20H2,(H2,35,36,37)(H,39,43,44). The van der Waals surface area contributed by atoms with Gasteiger partial charge in [-0.05, 0) is 67.3 Å². The van der Waals surface area contributed by atoms with Crippen LogP contribution in [0.2, 0.25) is 0 Å². The molecular weight excluding hydrogens is 568 g/mol. The first-order chi connectivity index (χ1) is 22.0. The molecule has 11 heteroatoms. The van der Waals surface area contributed by atoms with Gasteiger partial charge in [0.15, 0.2) is 5.65 Å². The fraction of sp³-hybridized carbons (Fsp3) is 0.265. The number of benzene rings is 3. The number of ether oxygens (including phenoxy) is 1. The number of nitrogens with two attached hydrogens (primary N) is 1. The van der Waals surface area contributed by atoms with Crippen LogP contribution < -0.4 is 21.1 Å². The summed E-state index contributed by atoms with van der Waals surface area (Å²) < 4.78 is 7.99. The Kier molecular flexibility index (Phi) is 7.83. The second-order valence-electron chi connectivity index (χ2n) is 11.5. The van der Waals surface area contributed by atoms with Crippen LogP contribution in [0.15, 0.2) is 85.2 Å². The van der Waals surface area contributed by atoms with Gasteiger partial charge in [0.25, 0.3) is 0 Å². The average molecular weight is 603 g/mol. The second kappa shape index (κ2) is 12.4. The highest BCUT2D eigenvalue weighted by Gasteiger charge is 2.29. The van der Waals surface area contributed by atoms with Crippen molar-refractivity contribution < 1.29 is 14.3 Å². The number of nitrogen functional groups attached to an aromatic ring is 1. The van der Waals surface area contributed by atoms with Gasteiger partial charge in [-0.2, -0.15) is 5.10 Å². The monoisotopic (exact) mass is 602 g/mol. The van der Waals surface area contributed by atoms with Crippen molar-refractivity contribution in [2.75, 3.05) is 24.1 Å². The Hall–Kier alpha value is -5.29. The molecule has 2 saturated heterocycles. The van der Waals surface area contributed by atoms with E-state index in [2.05, 4.69) is 31.6 Å². The van der Waals surface area contributed by atoms with Crippen molar-refractivity contribution in [1.82, 2.24) is 30.0 Å². The van der Waals surface area contributed by atoms with E-state index in [9.17, 15) is 9.59 Å². The van der Waals surface area contributed by atoms with E-state index in [1.807, 2.05) is 77.5 Å². The van der Waals surface area contributed by atoms with Crippen molar-refractivity contribution in [2.24, 2.45) is 0 Å². The Morgan fingerprint density at radius 1 is 0.889 bits per heavy atom. The highest BCUT2D eigenvalue weighted by atomic mass is 16.5. The van der Waals surface area contributed by atoms with E-state index < -0.39 is 6.04 Å². The summed E-state index contributed by atoms with van der Waals surface area (Å²) in [6, 6.07) is 25.3. The quantitative estimate of drug-likeness (QED) is 0.211. The van der Waals surface area contributed by atoms with Crippen molar-refractivity contribution >= 4 is 34.4 Å². The van der Waals surface area contributed by atoms with Gasteiger partial charge in [0.1, 0.15) is 35.4 Å². The number of carbonyl (C=O) groups excluding carboxylic acids is 2. The summed E-state index contributed by atoms with van der Waals surface area (Å²) in [5.74, 6) is 1.43. The van der Waals surface area contributed by atoms with Gasteiger partial charge >= 0.3 is 0 Å². The average Bonchev–Trinajstić information content (AvgIpc) is 3.45. The van der Waals surface area contributed by atoms with Gasteiger partial charge in [-0.3, -0.25) is 19.8 Å². The molecule has 45 heavy (non-hydrogen) atoms. The number of fused-ring (bicyclic) bond motifs is 1. The summed E-state index contributed by atoms with van der Waals surface area (Å²) in [5, 5.41) is 11.6. The number of nitrogens with zero attached hydrogens (tertiary/aromatic N) is 5. The molecule has 3 aromatic carbocycles. The van der Waals surface area contributed by atoms with Crippen LogP contribution in [0.1, 0.15) is 37.3 Å². The topological polar surface area (TPSA) is 140 Å². The van der Waals surface area contributed by atoms with Crippen LogP contribution in [0.4, 0.5) is 11.5 Å². The van der Waals surface area contributed by atoms with Crippen LogP contribution in [-0.2, 0) is 16.1 Å². The lowest BCUT2D eigenvalue weighted by Crippen LogP contribution is -2.47. The van der Waals surface area contributed by atoms with Crippen LogP contribution >= 0.6 is 0 Å². The molecule has 4 heterocycles. The minimum atomic E-state index is -0.418. The molecule has 2 aliphatic rings. The van der Waals surface area contributed by atoms with Gasteiger partial charge in [-0.25, -0.2) is 14.6 Å². The van der Waals surface area contributed by atoms with Gasteiger partial charge in [0.05, 0.1) is 11.4 Å². The number of carbonyl (C=O) groups is 2. The summed E-state index contributed by atoms with van der Waals surface area (Å²) in [5.41, 5.74) is 10.8. The molecule has 0 aliphatic carbocycles. The van der Waals surface area contributed by atoms with E-state index in [0.717, 1.165) is 77.5 Å². The first-order valence-corrected chi connectivity index (χ1v) is 15.2. The van der Waals surface area contributed by atoms with E-state index >= 15 is 0 Å². The number of piperidine rings is 2. The molecule has 2 aliphatic heterocycles. The van der Waals surface area contributed by atoms with Gasteiger partial charge in [-0.1, -0.05) is 36.4 Å². The summed E-state index contributed by atoms with van der Waals surface area (Å²) in [7, 11) is 0. The minimum Gasteiger partial charge on any atom is -0.457 e. The molecular formula is C34H34N8O3. The maximum absolute atomic E-state index is 12.3. The molecule has 7 rings (SSSR count). The van der Waals surface area contributed by atoms with Gasteiger partial charge in [0.2, 0.25) is 11.8 Å². The van der Waals surface area contributed by atoms with Crippen molar-refractivity contribution in [3.8, 4) is 22.8 Å². The predicted molar refractivity (Wildman–Crippen MR) is 171 cm³/mol. The van der Waals surface area contributed by atoms with E-state index in [1.165, 1.54) is 6.33 Å². The normalized spacial score (nSPS) is 17.7. The lowest BCUT2D eigenvalue weighted by molar-refractivity contribution is -0.133. The first-order valence-electron chi connectivity index (χ1n) is 15.2. The molecule has 11 nitrogen and oxygen atoms in total. The fourth-order valence-corrected chi connectivity index (χ4v) is 6.14. The lowest BCUT2D eigenvalue weighted by Gasteiger charge is -2.33. The molecule has 4 N–H and O–H groups in total. The van der Waals surface area contributed by atoms with Crippen LogP contribution in [0, 0.1) is 0 Å². The van der Waals surface area contributed by atoms with E-state index in [4.69, 9.17) is 15.6 Å². The third kappa shape index (κ3) is 6.07. The van der Waals surface area contributed by atoms with Gasteiger partial charge in [-0.15, -0.1) is 0 Å². The molecule has 2 aromatic heterocycles. The number of likely N-dealkylation sites (tertiary alicyclic amines) is 1. The molecule has 1 atom stereocenters. The van der Waals surface area contributed by atoms with Crippen LogP contribution in [-0.4, -0.2) is 55.6 Å². The molecule has 5 aromatic rings. The third-order valence-corrected chi connectivity index (χ3v) is 8.51. The van der Waals surface area contributed by atoms with Crippen molar-refractivity contribution in [2.45, 2.75) is 44.3 Å². The largest absolute Gasteiger partial charge is 0.457 e. The Morgan fingerprint density at radius 2 is 1.62 bits per heavy atom. The third-order valence-electron chi connectivity index (χ3n) is 8.51. The van der Waals surface area contributed by atoms with Gasteiger partial charge < -0.3 is 15.8 Å². The SMILES string of the molecule is Nc1ncnc2c1c(-c1ccc(Oc3ccccc3)cc1)nn2C1CCN(Cc2ccccc2NC2CCC(=O)NC2=O)CC1. The molecule has 0 bridgehead atoms. The maximum Gasteiger partial charge on any atom is 0.249 e. The summed E-state index contributed by atoms with van der Waals surface area (Å²) in [4.78, 5) is 35.2. The maximum atomic E-state index is 12.3. The molecule has 2 amide bonds. The molecule has 0 radical (unpaired) electrons.